The molecule has 0 bridgehead atoms. The number of carbonyl (C=O) groups is 2. The molecule has 2 heterocycles. The van der Waals surface area contributed by atoms with Crippen molar-refractivity contribution in [1.29, 1.82) is 0 Å². The maximum Gasteiger partial charge on any atom is 0.336 e. The second-order valence-corrected chi connectivity index (χ2v) is 11.3. The van der Waals surface area contributed by atoms with E-state index in [1.807, 2.05) is 29.6 Å². The maximum absolute atomic E-state index is 13.2. The molecule has 4 rings (SSSR count). The summed E-state index contributed by atoms with van der Waals surface area (Å²) < 4.78 is 34.5. The molecule has 1 aliphatic rings. The Morgan fingerprint density at radius 1 is 1.03 bits per heavy atom. The van der Waals surface area contributed by atoms with Gasteiger partial charge in [-0.25, -0.2) is 23.3 Å². The van der Waals surface area contributed by atoms with Crippen molar-refractivity contribution in [3.05, 3.63) is 70.7 Å². The number of aromatic nitrogens is 1. The number of primary sulfonamides is 1. The van der Waals surface area contributed by atoms with Crippen LogP contribution < -0.4 is 5.14 Å². The van der Waals surface area contributed by atoms with E-state index >= 15 is 0 Å². The van der Waals surface area contributed by atoms with E-state index in [1.165, 1.54) is 23.5 Å². The number of nitrogens with two attached hydrogens (primary N) is 1. The number of thiazole rings is 1. The van der Waals surface area contributed by atoms with Gasteiger partial charge in [-0.2, -0.15) is 0 Å². The number of allylic oxidation sites excluding steroid dienone is 1. The van der Waals surface area contributed by atoms with E-state index in [0.29, 0.717) is 38.8 Å². The molecule has 0 radical (unpaired) electrons. The Morgan fingerprint density at radius 2 is 1.74 bits per heavy atom. The van der Waals surface area contributed by atoms with Gasteiger partial charge in [0.15, 0.2) is 0 Å². The predicted octanol–water partition coefficient (Wildman–Crippen LogP) is 4.70. The Balaban J connectivity index is 1.86. The quantitative estimate of drug-likeness (QED) is 0.389. The Morgan fingerprint density at radius 3 is 2.44 bits per heavy atom. The van der Waals surface area contributed by atoms with E-state index in [9.17, 15) is 18.0 Å². The molecule has 2 aromatic carbocycles. The van der Waals surface area contributed by atoms with Crippen molar-refractivity contribution in [3.8, 4) is 21.8 Å². The Kier molecular flexibility index (Phi) is 8.43. The van der Waals surface area contributed by atoms with Gasteiger partial charge in [0, 0.05) is 33.8 Å². The molecule has 11 heteroatoms. The zero-order chi connectivity index (χ0) is 28.3. The number of carbonyl (C=O) groups excluding carboxylic acids is 2. The summed E-state index contributed by atoms with van der Waals surface area (Å²) in [5.74, 6) is -2.57. The smallest absolute Gasteiger partial charge is 0.336 e. The van der Waals surface area contributed by atoms with Crippen LogP contribution in [0, 0.1) is 5.92 Å². The van der Waals surface area contributed by atoms with Crippen molar-refractivity contribution in [1.82, 2.24) is 4.98 Å². The number of aliphatic imine (C=N–C) groups is 1. The van der Waals surface area contributed by atoms with Crippen LogP contribution in [0.4, 0.5) is 0 Å². The Bertz CT molecular complexity index is 1590. The molecular formula is C28H29N3O6S2. The van der Waals surface area contributed by atoms with Gasteiger partial charge in [0.05, 0.1) is 29.4 Å². The van der Waals surface area contributed by atoms with Gasteiger partial charge in [-0.1, -0.05) is 36.4 Å². The molecule has 1 aromatic heterocycles. The van der Waals surface area contributed by atoms with E-state index in [1.54, 1.807) is 39.8 Å². The first-order chi connectivity index (χ1) is 18.6. The van der Waals surface area contributed by atoms with Crippen molar-refractivity contribution in [2.75, 3.05) is 13.2 Å². The fourth-order valence-corrected chi connectivity index (χ4v) is 6.15. The van der Waals surface area contributed by atoms with Gasteiger partial charge in [0.25, 0.3) is 0 Å². The second kappa shape index (κ2) is 11.6. The van der Waals surface area contributed by atoms with E-state index in [0.717, 1.165) is 5.56 Å². The molecule has 9 nitrogen and oxygen atoms in total. The highest BCUT2D eigenvalue weighted by atomic mass is 32.2. The highest BCUT2D eigenvalue weighted by molar-refractivity contribution is 7.89. The van der Waals surface area contributed by atoms with Crippen molar-refractivity contribution in [3.63, 3.8) is 0 Å². The van der Waals surface area contributed by atoms with Gasteiger partial charge in [0.2, 0.25) is 10.0 Å². The van der Waals surface area contributed by atoms with Gasteiger partial charge in [-0.15, -0.1) is 11.3 Å². The zero-order valence-electron chi connectivity index (χ0n) is 22.0. The summed E-state index contributed by atoms with van der Waals surface area (Å²) in [7, 11) is -3.88. The van der Waals surface area contributed by atoms with Crippen molar-refractivity contribution >= 4 is 39.0 Å². The lowest BCUT2D eigenvalue weighted by atomic mass is 9.74. The minimum atomic E-state index is -3.88. The van der Waals surface area contributed by atoms with Crippen LogP contribution in [0.2, 0.25) is 0 Å². The van der Waals surface area contributed by atoms with Crippen molar-refractivity contribution in [2.24, 2.45) is 16.0 Å². The molecule has 3 aromatic rings. The lowest BCUT2D eigenvalue weighted by Crippen LogP contribution is -2.36. The number of rotatable bonds is 8. The lowest BCUT2D eigenvalue weighted by molar-refractivity contribution is -0.146. The van der Waals surface area contributed by atoms with E-state index < -0.39 is 33.8 Å². The summed E-state index contributed by atoms with van der Waals surface area (Å²) in [5.41, 5.74) is 3.90. The van der Waals surface area contributed by atoms with Crippen LogP contribution in [0.3, 0.4) is 0 Å². The van der Waals surface area contributed by atoms with E-state index in [2.05, 4.69) is 4.99 Å². The summed E-state index contributed by atoms with van der Waals surface area (Å²) in [6.45, 7) is 7.28. The number of esters is 2. The van der Waals surface area contributed by atoms with Gasteiger partial charge < -0.3 is 9.47 Å². The number of ether oxygens (including phenoxy) is 2. The number of nitrogens with zero attached hydrogens (tertiary/aromatic N) is 2. The monoisotopic (exact) mass is 567 g/mol. The van der Waals surface area contributed by atoms with Crippen LogP contribution in [0.25, 0.3) is 21.8 Å². The molecule has 0 spiro atoms. The summed E-state index contributed by atoms with van der Waals surface area (Å²) in [6, 6.07) is 13.7. The van der Waals surface area contributed by atoms with Crippen LogP contribution >= 0.6 is 11.3 Å². The molecule has 0 saturated heterocycles. The standard InChI is InChI=1S/C28H29N3O6S2/c1-5-36-27(32)23-16(3)30-17(4)24(28(33)37-6-2)25(23)20-12-7-8-13-21(20)26-31-22(15-38-26)18-10-9-11-19(14-18)39(29,34)35/h7-15,23,25H,5-6H2,1-4H3,(H2,29,34,35). The molecular weight excluding hydrogens is 538 g/mol. The van der Waals surface area contributed by atoms with Crippen LogP contribution in [0.1, 0.15) is 39.2 Å². The van der Waals surface area contributed by atoms with Gasteiger partial charge >= 0.3 is 11.9 Å². The van der Waals surface area contributed by atoms with Gasteiger partial charge in [0.1, 0.15) is 10.9 Å². The fourth-order valence-electron chi connectivity index (χ4n) is 4.71. The molecule has 0 amide bonds. The highest BCUT2D eigenvalue weighted by Crippen LogP contribution is 2.44. The molecule has 0 saturated carbocycles. The van der Waals surface area contributed by atoms with Gasteiger partial charge in [-0.05, 0) is 45.4 Å². The summed E-state index contributed by atoms with van der Waals surface area (Å²) in [5, 5.41) is 7.76. The molecule has 2 atom stereocenters. The maximum atomic E-state index is 13.2. The zero-order valence-corrected chi connectivity index (χ0v) is 23.6. The third-order valence-corrected chi connectivity index (χ3v) is 8.14. The minimum absolute atomic E-state index is 0.0103. The topological polar surface area (TPSA) is 138 Å². The molecule has 39 heavy (non-hydrogen) atoms. The first-order valence-electron chi connectivity index (χ1n) is 12.3. The second-order valence-electron chi connectivity index (χ2n) is 8.88. The summed E-state index contributed by atoms with van der Waals surface area (Å²) in [4.78, 5) is 35.7. The van der Waals surface area contributed by atoms with Crippen LogP contribution in [-0.2, 0) is 29.1 Å². The Hall–Kier alpha value is -3.67. The largest absolute Gasteiger partial charge is 0.465 e. The molecule has 0 aliphatic carbocycles. The molecule has 1 aliphatic heterocycles. The number of sulfonamides is 1. The number of hydrogen-bond donors (Lipinski definition) is 1. The van der Waals surface area contributed by atoms with Crippen LogP contribution in [-0.4, -0.2) is 44.3 Å². The minimum Gasteiger partial charge on any atom is -0.465 e. The van der Waals surface area contributed by atoms with E-state index in [4.69, 9.17) is 19.6 Å². The summed E-state index contributed by atoms with van der Waals surface area (Å²) >= 11 is 1.36. The van der Waals surface area contributed by atoms with Crippen molar-refractivity contribution < 1.29 is 27.5 Å². The van der Waals surface area contributed by atoms with Gasteiger partial charge in [-0.3, -0.25) is 9.79 Å². The SMILES string of the molecule is CCOC(=O)C1=C(C)N=C(C)C(C(=O)OCC)C1c1ccccc1-c1nc(-c2cccc(S(N)(=O)=O)c2)cs1. The van der Waals surface area contributed by atoms with E-state index in [-0.39, 0.29) is 18.1 Å². The van der Waals surface area contributed by atoms with Crippen LogP contribution in [0.5, 0.6) is 0 Å². The molecule has 2 N–H and O–H groups in total. The van der Waals surface area contributed by atoms with Crippen LogP contribution in [0.15, 0.2) is 75.1 Å². The third kappa shape index (κ3) is 5.85. The first kappa shape index (κ1) is 28.3. The summed E-state index contributed by atoms with van der Waals surface area (Å²) in [6.07, 6.45) is 0. The third-order valence-electron chi connectivity index (χ3n) is 6.35. The normalized spacial score (nSPS) is 17.5. The predicted molar refractivity (Wildman–Crippen MR) is 150 cm³/mol. The molecule has 2 unspecified atom stereocenters. The molecule has 0 fully saturated rings. The Labute approximate surface area is 231 Å². The lowest BCUT2D eigenvalue weighted by Gasteiger charge is -2.32. The highest BCUT2D eigenvalue weighted by Gasteiger charge is 2.43. The fraction of sp³-hybridized carbons (Fsp3) is 0.286. The average molecular weight is 568 g/mol. The van der Waals surface area contributed by atoms with Crippen molar-refractivity contribution in [2.45, 2.75) is 38.5 Å². The number of hydrogen-bond acceptors (Lipinski definition) is 9. The molecule has 204 valence electrons. The average Bonchev–Trinajstić information content (AvgIpc) is 3.38. The first-order valence-corrected chi connectivity index (χ1v) is 14.8. The number of benzene rings is 2.